The molecule has 1 aromatic carbocycles. The summed E-state index contributed by atoms with van der Waals surface area (Å²) in [5.41, 5.74) is 7.41. The second-order valence-corrected chi connectivity index (χ2v) is 9.68. The quantitative estimate of drug-likeness (QED) is 0.656. The van der Waals surface area contributed by atoms with Crippen molar-refractivity contribution in [2.75, 3.05) is 12.3 Å². The maximum atomic E-state index is 15.0. The van der Waals surface area contributed by atoms with E-state index < -0.39 is 5.60 Å². The van der Waals surface area contributed by atoms with E-state index in [9.17, 15) is 14.3 Å². The highest BCUT2D eigenvalue weighted by Crippen LogP contribution is 2.29. The minimum absolute atomic E-state index is 0.0187. The fraction of sp³-hybridized carbons (Fsp3) is 0.520. The second-order valence-electron chi connectivity index (χ2n) is 9.68. The van der Waals surface area contributed by atoms with E-state index in [1.807, 2.05) is 13.0 Å². The van der Waals surface area contributed by atoms with Crippen LogP contribution in [0.3, 0.4) is 0 Å². The smallest absolute Gasteiger partial charge is 0.255 e. The van der Waals surface area contributed by atoms with Crippen LogP contribution < -0.4 is 11.1 Å². The Bertz CT molecular complexity index is 984. The van der Waals surface area contributed by atoms with Crippen molar-refractivity contribution in [2.24, 2.45) is 0 Å². The van der Waals surface area contributed by atoms with Gasteiger partial charge in [-0.3, -0.25) is 9.69 Å². The van der Waals surface area contributed by atoms with Crippen LogP contribution in [-0.2, 0) is 6.54 Å². The van der Waals surface area contributed by atoms with Crippen LogP contribution in [0.5, 0.6) is 0 Å². The van der Waals surface area contributed by atoms with Gasteiger partial charge in [-0.2, -0.15) is 0 Å². The molecule has 1 unspecified atom stereocenters. The normalized spacial score (nSPS) is 26.2. The van der Waals surface area contributed by atoms with Crippen molar-refractivity contribution in [2.45, 2.75) is 76.6 Å². The zero-order valence-electron chi connectivity index (χ0n) is 18.9. The molecule has 1 aliphatic heterocycles. The third-order valence-corrected chi connectivity index (χ3v) is 6.98. The standard InChI is InChI=1S/C25H33FN4O2/c1-16-4-3-11-30(16)15-17-5-6-20(22(26)12-17)18-13-21(23(27)28-14-18)24(31)29-19-7-9-25(2,32)10-8-19/h5-6,12-14,16,19,32H,3-4,7-11,15H2,1-2H3,(H2,27,28)(H,29,31). The van der Waals surface area contributed by atoms with Crippen molar-refractivity contribution in [1.82, 2.24) is 15.2 Å². The van der Waals surface area contributed by atoms with E-state index in [1.54, 1.807) is 18.2 Å². The number of nitrogen functional groups attached to an aromatic ring is 1. The van der Waals surface area contributed by atoms with Gasteiger partial charge in [0.1, 0.15) is 11.6 Å². The first kappa shape index (κ1) is 22.7. The number of benzene rings is 1. The first-order valence-corrected chi connectivity index (χ1v) is 11.5. The number of carbonyl (C=O) groups excluding carboxylic acids is 1. The predicted octanol–water partition coefficient (Wildman–Crippen LogP) is 3.88. The van der Waals surface area contributed by atoms with Crippen LogP contribution in [0.25, 0.3) is 11.1 Å². The number of aliphatic hydroxyl groups is 1. The lowest BCUT2D eigenvalue weighted by molar-refractivity contribution is 0.0140. The SMILES string of the molecule is CC1CCCN1Cc1ccc(-c2cnc(N)c(C(=O)NC3CCC(C)(O)CC3)c2)c(F)c1. The van der Waals surface area contributed by atoms with E-state index in [0.29, 0.717) is 42.9 Å². The minimum Gasteiger partial charge on any atom is -0.390 e. The number of anilines is 1. The van der Waals surface area contributed by atoms with Gasteiger partial charge in [0.05, 0.1) is 11.2 Å². The van der Waals surface area contributed by atoms with Crippen LogP contribution >= 0.6 is 0 Å². The highest BCUT2D eigenvalue weighted by molar-refractivity contribution is 5.99. The Labute approximate surface area is 189 Å². The summed E-state index contributed by atoms with van der Waals surface area (Å²) in [6.07, 6.45) is 6.56. The summed E-state index contributed by atoms with van der Waals surface area (Å²) < 4.78 is 15.0. The monoisotopic (exact) mass is 440 g/mol. The van der Waals surface area contributed by atoms with Crippen molar-refractivity contribution in [3.63, 3.8) is 0 Å². The molecule has 1 saturated carbocycles. The molecule has 0 radical (unpaired) electrons. The summed E-state index contributed by atoms with van der Waals surface area (Å²) in [5.74, 6) is -0.528. The lowest BCUT2D eigenvalue weighted by Crippen LogP contribution is -2.42. The van der Waals surface area contributed by atoms with Gasteiger partial charge in [-0.05, 0) is 76.6 Å². The third-order valence-electron chi connectivity index (χ3n) is 6.98. The van der Waals surface area contributed by atoms with Crippen LogP contribution in [0, 0.1) is 5.82 Å². The molecule has 0 spiro atoms. The molecular weight excluding hydrogens is 407 g/mol. The number of nitrogens with two attached hydrogens (primary N) is 1. The Balaban J connectivity index is 1.49. The van der Waals surface area contributed by atoms with E-state index in [4.69, 9.17) is 5.73 Å². The Hall–Kier alpha value is -2.51. The third kappa shape index (κ3) is 5.10. The van der Waals surface area contributed by atoms with Gasteiger partial charge in [0.15, 0.2) is 0 Å². The van der Waals surface area contributed by atoms with Crippen LogP contribution in [-0.4, -0.2) is 45.1 Å². The Morgan fingerprint density at radius 3 is 2.72 bits per heavy atom. The number of halogens is 1. The van der Waals surface area contributed by atoms with Gasteiger partial charge in [0, 0.05) is 36.0 Å². The molecule has 7 heteroatoms. The van der Waals surface area contributed by atoms with E-state index >= 15 is 0 Å². The average Bonchev–Trinajstić information content (AvgIpc) is 3.14. The van der Waals surface area contributed by atoms with Crippen LogP contribution in [0.4, 0.5) is 10.2 Å². The average molecular weight is 441 g/mol. The topological polar surface area (TPSA) is 91.5 Å². The largest absolute Gasteiger partial charge is 0.390 e. The maximum absolute atomic E-state index is 15.0. The molecule has 4 rings (SSSR count). The van der Waals surface area contributed by atoms with Gasteiger partial charge in [0.2, 0.25) is 0 Å². The van der Waals surface area contributed by atoms with Gasteiger partial charge >= 0.3 is 0 Å². The van der Waals surface area contributed by atoms with E-state index in [-0.39, 0.29) is 29.1 Å². The lowest BCUT2D eigenvalue weighted by Gasteiger charge is -2.33. The summed E-state index contributed by atoms with van der Waals surface area (Å²) in [6, 6.07) is 7.38. The molecule has 2 aromatic rings. The van der Waals surface area contributed by atoms with Crippen LogP contribution in [0.15, 0.2) is 30.5 Å². The Morgan fingerprint density at radius 2 is 2.06 bits per heavy atom. The molecule has 172 valence electrons. The molecule has 2 aliphatic rings. The molecule has 1 amide bonds. The number of hydrogen-bond donors (Lipinski definition) is 3. The number of nitrogens with zero attached hydrogens (tertiary/aromatic N) is 2. The molecule has 1 aromatic heterocycles. The van der Waals surface area contributed by atoms with Crippen molar-refractivity contribution >= 4 is 11.7 Å². The fourth-order valence-corrected chi connectivity index (χ4v) is 4.80. The predicted molar refractivity (Wildman–Crippen MR) is 123 cm³/mol. The molecule has 6 nitrogen and oxygen atoms in total. The number of hydrogen-bond acceptors (Lipinski definition) is 5. The number of rotatable bonds is 5. The number of nitrogens with one attached hydrogen (secondary N) is 1. The molecule has 1 aliphatic carbocycles. The summed E-state index contributed by atoms with van der Waals surface area (Å²) in [5, 5.41) is 13.1. The Kier molecular flexibility index (Phi) is 6.49. The lowest BCUT2D eigenvalue weighted by atomic mass is 9.83. The zero-order valence-corrected chi connectivity index (χ0v) is 18.9. The van der Waals surface area contributed by atoms with E-state index in [2.05, 4.69) is 22.1 Å². The molecule has 0 bridgehead atoms. The molecule has 2 heterocycles. The molecule has 1 saturated heterocycles. The van der Waals surface area contributed by atoms with Gasteiger partial charge < -0.3 is 16.2 Å². The first-order valence-electron chi connectivity index (χ1n) is 11.5. The summed E-state index contributed by atoms with van der Waals surface area (Å²) in [4.78, 5) is 19.4. The van der Waals surface area contributed by atoms with Gasteiger partial charge in [0.25, 0.3) is 5.91 Å². The number of pyridine rings is 1. The van der Waals surface area contributed by atoms with Crippen molar-refractivity contribution < 1.29 is 14.3 Å². The number of amides is 1. The highest BCUT2D eigenvalue weighted by atomic mass is 19.1. The fourth-order valence-electron chi connectivity index (χ4n) is 4.80. The maximum Gasteiger partial charge on any atom is 0.255 e. The summed E-state index contributed by atoms with van der Waals surface area (Å²) in [7, 11) is 0. The number of aromatic nitrogens is 1. The van der Waals surface area contributed by atoms with E-state index in [1.165, 1.54) is 19.0 Å². The second kappa shape index (κ2) is 9.16. The van der Waals surface area contributed by atoms with Gasteiger partial charge in [-0.1, -0.05) is 12.1 Å². The number of likely N-dealkylation sites (tertiary alicyclic amines) is 1. The van der Waals surface area contributed by atoms with E-state index in [0.717, 1.165) is 18.7 Å². The highest BCUT2D eigenvalue weighted by Gasteiger charge is 2.30. The summed E-state index contributed by atoms with van der Waals surface area (Å²) in [6.45, 7) is 5.81. The van der Waals surface area contributed by atoms with Crippen LogP contribution in [0.1, 0.15) is 68.3 Å². The van der Waals surface area contributed by atoms with Crippen LogP contribution in [0.2, 0.25) is 0 Å². The minimum atomic E-state index is -0.668. The molecular formula is C25H33FN4O2. The molecule has 1 atom stereocenters. The Morgan fingerprint density at radius 1 is 1.31 bits per heavy atom. The van der Waals surface area contributed by atoms with Crippen molar-refractivity contribution in [3.05, 3.63) is 47.4 Å². The van der Waals surface area contributed by atoms with Crippen molar-refractivity contribution in [1.29, 1.82) is 0 Å². The summed E-state index contributed by atoms with van der Waals surface area (Å²) >= 11 is 0. The van der Waals surface area contributed by atoms with Gasteiger partial charge in [-0.15, -0.1) is 0 Å². The van der Waals surface area contributed by atoms with Crippen molar-refractivity contribution in [3.8, 4) is 11.1 Å². The molecule has 4 N–H and O–H groups in total. The van der Waals surface area contributed by atoms with Gasteiger partial charge in [-0.25, -0.2) is 9.37 Å². The molecule has 2 fully saturated rings. The zero-order chi connectivity index (χ0) is 22.9. The number of carbonyl (C=O) groups is 1. The molecule has 32 heavy (non-hydrogen) atoms. The first-order chi connectivity index (χ1) is 15.2.